The minimum atomic E-state index is -1.96. The minimum Gasteiger partial charge on any atom is -0.458 e. The molecule has 1 saturated carbocycles. The molecule has 3 rings (SSSR count). The summed E-state index contributed by atoms with van der Waals surface area (Å²) in [6, 6.07) is 0. The Morgan fingerprint density at radius 1 is 0.792 bits per heavy atom. The maximum absolute atomic E-state index is 13.6. The van der Waals surface area contributed by atoms with Gasteiger partial charge in [-0.2, -0.15) is 0 Å². The number of ketones is 1. The van der Waals surface area contributed by atoms with Crippen LogP contribution in [0.2, 0.25) is 0 Å². The van der Waals surface area contributed by atoms with Gasteiger partial charge in [-0.1, -0.05) is 124 Å². The second-order valence-corrected chi connectivity index (χ2v) is 15.9. The summed E-state index contributed by atoms with van der Waals surface area (Å²) in [6.45, 7) is 12.9. The summed E-state index contributed by atoms with van der Waals surface area (Å²) in [4.78, 5) is 40.5. The van der Waals surface area contributed by atoms with E-state index in [1.807, 2.05) is 13.8 Å². The highest BCUT2D eigenvalue weighted by Crippen LogP contribution is 2.63. The van der Waals surface area contributed by atoms with Gasteiger partial charge in [0.1, 0.15) is 11.7 Å². The number of carbonyl (C=O) groups excluding carboxylic acids is 3. The molecule has 0 saturated heterocycles. The number of aliphatic hydroxyl groups excluding tert-OH is 1. The molecule has 7 atom stereocenters. The summed E-state index contributed by atoms with van der Waals surface area (Å²) in [7, 11) is 0. The minimum absolute atomic E-state index is 0.125. The molecule has 0 heterocycles. The molecule has 0 spiro atoms. The van der Waals surface area contributed by atoms with Crippen LogP contribution in [0.25, 0.3) is 0 Å². The van der Waals surface area contributed by atoms with Crippen LogP contribution >= 0.6 is 0 Å². The summed E-state index contributed by atoms with van der Waals surface area (Å²) in [5, 5.41) is 35.3. The molecule has 0 aromatic heterocycles. The zero-order chi connectivity index (χ0) is 35.8. The molecule has 8 heteroatoms. The van der Waals surface area contributed by atoms with E-state index in [0.29, 0.717) is 24.0 Å². The third kappa shape index (κ3) is 8.29. The van der Waals surface area contributed by atoms with Gasteiger partial charge >= 0.3 is 11.9 Å². The Balaban J connectivity index is 1.94. The van der Waals surface area contributed by atoms with Crippen molar-refractivity contribution in [3.63, 3.8) is 0 Å². The number of aliphatic hydroxyl groups is 3. The van der Waals surface area contributed by atoms with Crippen LogP contribution in [0, 0.1) is 23.2 Å². The molecule has 0 aromatic carbocycles. The Labute approximate surface area is 290 Å². The van der Waals surface area contributed by atoms with Crippen molar-refractivity contribution in [2.75, 3.05) is 6.61 Å². The second kappa shape index (κ2) is 17.3. The van der Waals surface area contributed by atoms with E-state index < -0.39 is 64.4 Å². The maximum Gasteiger partial charge on any atom is 0.306 e. The van der Waals surface area contributed by atoms with Gasteiger partial charge in [0.15, 0.2) is 11.4 Å². The highest BCUT2D eigenvalue weighted by atomic mass is 16.6. The number of hydrogen-bond donors (Lipinski definition) is 3. The maximum atomic E-state index is 13.6. The largest absolute Gasteiger partial charge is 0.458 e. The van der Waals surface area contributed by atoms with Crippen LogP contribution in [-0.2, 0) is 23.9 Å². The Morgan fingerprint density at radius 2 is 1.29 bits per heavy atom. The van der Waals surface area contributed by atoms with Crippen molar-refractivity contribution in [3.05, 3.63) is 23.3 Å². The molecule has 8 nitrogen and oxygen atoms in total. The van der Waals surface area contributed by atoms with Crippen molar-refractivity contribution >= 4 is 17.7 Å². The Morgan fingerprint density at radius 3 is 1.81 bits per heavy atom. The second-order valence-electron chi connectivity index (χ2n) is 15.9. The van der Waals surface area contributed by atoms with Gasteiger partial charge in [0, 0.05) is 42.4 Å². The van der Waals surface area contributed by atoms with Crippen LogP contribution in [-0.4, -0.2) is 62.6 Å². The van der Waals surface area contributed by atoms with E-state index in [4.69, 9.17) is 9.47 Å². The highest BCUT2D eigenvalue weighted by molar-refractivity contribution is 6.04. The fourth-order valence-corrected chi connectivity index (χ4v) is 8.82. The van der Waals surface area contributed by atoms with Crippen LogP contribution in [0.1, 0.15) is 158 Å². The van der Waals surface area contributed by atoms with Crippen LogP contribution in [0.5, 0.6) is 0 Å². The number of esters is 2. The van der Waals surface area contributed by atoms with Gasteiger partial charge in [-0.3, -0.25) is 14.4 Å². The lowest BCUT2D eigenvalue weighted by Crippen LogP contribution is -2.75. The van der Waals surface area contributed by atoms with Crippen molar-refractivity contribution in [1.82, 2.24) is 0 Å². The average molecular weight is 675 g/mol. The molecule has 0 aromatic rings. The Bertz CT molecular complexity index is 1170. The quantitative estimate of drug-likeness (QED) is 0.0722. The molecule has 0 aliphatic heterocycles. The van der Waals surface area contributed by atoms with E-state index in [1.54, 1.807) is 32.9 Å². The average Bonchev–Trinajstić information content (AvgIpc) is 3.20. The van der Waals surface area contributed by atoms with Crippen molar-refractivity contribution in [2.45, 2.75) is 181 Å². The van der Waals surface area contributed by atoms with E-state index in [9.17, 15) is 29.7 Å². The van der Waals surface area contributed by atoms with Crippen LogP contribution in [0.4, 0.5) is 0 Å². The first-order valence-corrected chi connectivity index (χ1v) is 19.0. The number of Topliss-reactive ketones (excluding diaryl/α,β-unsaturated/α-hetero) is 1. The molecule has 0 amide bonds. The molecular weight excluding hydrogens is 608 g/mol. The number of carbonyl (C=O) groups is 3. The SMILES string of the molecule is CCCCCCCCCC(=O)O[C@@H]1[C@@H](C)[C@@]2(O)[C@@H](C=C(CO)C[C@]3(O)C(=O)C(C)=C[C@@H]23)C(C)(C)[C@]1(C)OC(=O)CCCCCCCCC. The zero-order valence-corrected chi connectivity index (χ0v) is 31.1. The monoisotopic (exact) mass is 674 g/mol. The first kappa shape index (κ1) is 40.4. The van der Waals surface area contributed by atoms with Gasteiger partial charge in [0.25, 0.3) is 0 Å². The third-order valence-electron chi connectivity index (χ3n) is 12.1. The number of hydrogen-bond acceptors (Lipinski definition) is 8. The molecule has 0 unspecified atom stereocenters. The van der Waals surface area contributed by atoms with Crippen LogP contribution in [0.3, 0.4) is 0 Å². The molecule has 0 radical (unpaired) electrons. The molecule has 48 heavy (non-hydrogen) atoms. The molecule has 0 bridgehead atoms. The number of fused-ring (bicyclic) bond motifs is 3. The van der Waals surface area contributed by atoms with Crippen molar-refractivity contribution < 1.29 is 39.2 Å². The van der Waals surface area contributed by atoms with Crippen molar-refractivity contribution in [1.29, 1.82) is 0 Å². The summed E-state index contributed by atoms with van der Waals surface area (Å²) in [6.07, 6.45) is 17.5. The lowest BCUT2D eigenvalue weighted by molar-refractivity contribution is -0.290. The van der Waals surface area contributed by atoms with Gasteiger partial charge in [-0.05, 0) is 37.8 Å². The van der Waals surface area contributed by atoms with E-state index in [1.165, 1.54) is 38.5 Å². The topological polar surface area (TPSA) is 130 Å². The summed E-state index contributed by atoms with van der Waals surface area (Å²) < 4.78 is 12.7. The molecule has 3 aliphatic rings. The normalized spacial score (nSPS) is 32.5. The van der Waals surface area contributed by atoms with Gasteiger partial charge in [0.2, 0.25) is 0 Å². The zero-order valence-electron chi connectivity index (χ0n) is 31.1. The lowest BCUT2D eigenvalue weighted by atomic mass is 9.47. The predicted octanol–water partition coefficient (Wildman–Crippen LogP) is 7.70. The smallest absolute Gasteiger partial charge is 0.306 e. The van der Waals surface area contributed by atoms with Crippen molar-refractivity contribution in [2.24, 2.45) is 23.2 Å². The van der Waals surface area contributed by atoms with Crippen molar-refractivity contribution in [3.8, 4) is 0 Å². The number of ether oxygens (including phenoxy) is 2. The Kier molecular flexibility index (Phi) is 14.5. The number of rotatable bonds is 19. The predicted molar refractivity (Wildman–Crippen MR) is 188 cm³/mol. The third-order valence-corrected chi connectivity index (χ3v) is 12.1. The first-order valence-electron chi connectivity index (χ1n) is 19.0. The number of unbranched alkanes of at least 4 members (excludes halogenated alkanes) is 12. The summed E-state index contributed by atoms with van der Waals surface area (Å²) >= 11 is 0. The first-order chi connectivity index (χ1) is 22.6. The van der Waals surface area contributed by atoms with Crippen LogP contribution < -0.4 is 0 Å². The molecule has 3 aliphatic carbocycles. The lowest BCUT2D eigenvalue weighted by Gasteiger charge is -2.63. The molecule has 1 fully saturated rings. The van der Waals surface area contributed by atoms with Gasteiger partial charge in [-0.25, -0.2) is 0 Å². The van der Waals surface area contributed by atoms with Gasteiger partial charge < -0.3 is 24.8 Å². The standard InChI is InChI=1S/C40H66O8/c1-8-10-12-14-16-18-20-22-33(42)47-36-29(4)40(46)31(25-30(27-41)26-39(45)32(40)24-28(3)35(39)44)37(5,6)38(36,7)48-34(43)23-21-19-17-15-13-11-9-2/h24-25,29,31-32,36,41,45-46H,8-23,26-27H2,1-7H3/t29-,31+,32-,36-,38-,39-,40-/m1/s1. The fourth-order valence-electron chi connectivity index (χ4n) is 8.82. The van der Waals surface area contributed by atoms with E-state index in [2.05, 4.69) is 13.8 Å². The fraction of sp³-hybridized carbons (Fsp3) is 0.825. The molecule has 274 valence electrons. The molecular formula is C40H66O8. The van der Waals surface area contributed by atoms with E-state index in [0.717, 1.165) is 38.5 Å². The Hall–Kier alpha value is -2.03. The van der Waals surface area contributed by atoms with E-state index >= 15 is 0 Å². The van der Waals surface area contributed by atoms with Crippen LogP contribution in [0.15, 0.2) is 23.3 Å². The van der Waals surface area contributed by atoms with Gasteiger partial charge in [-0.15, -0.1) is 0 Å². The van der Waals surface area contributed by atoms with Gasteiger partial charge in [0.05, 0.1) is 12.2 Å². The van der Waals surface area contributed by atoms with E-state index in [-0.39, 0.29) is 25.2 Å². The summed E-state index contributed by atoms with van der Waals surface area (Å²) in [5.41, 5.74) is -5.35. The molecule has 3 N–H and O–H groups in total. The highest BCUT2D eigenvalue weighted by Gasteiger charge is 2.74. The summed E-state index contributed by atoms with van der Waals surface area (Å²) in [5.74, 6) is -3.90.